The third kappa shape index (κ3) is 2.18. The maximum absolute atomic E-state index is 11.5. The minimum atomic E-state index is -0.331. The molecule has 2 rings (SSSR count). The highest BCUT2D eigenvalue weighted by atomic mass is 32.1. The molecule has 2 heterocycles. The molecule has 0 spiro atoms. The first-order chi connectivity index (χ1) is 7.27. The molecule has 0 fully saturated rings. The zero-order chi connectivity index (χ0) is 10.7. The van der Waals surface area contributed by atoms with Crippen LogP contribution in [0.5, 0.6) is 0 Å². The summed E-state index contributed by atoms with van der Waals surface area (Å²) in [6, 6.07) is 1.91. The van der Waals surface area contributed by atoms with E-state index >= 15 is 0 Å². The molecule has 2 aromatic heterocycles. The number of nitrogens with zero attached hydrogens (tertiary/aromatic N) is 3. The number of aromatic amines is 1. The number of hydrogen-bond donors (Lipinski definition) is 2. The summed E-state index contributed by atoms with van der Waals surface area (Å²) >= 11 is 1.59. The summed E-state index contributed by atoms with van der Waals surface area (Å²) in [4.78, 5) is 11.5. The number of aromatic nitrogens is 4. The molecule has 7 heteroatoms. The van der Waals surface area contributed by atoms with Gasteiger partial charge in [0.15, 0.2) is 0 Å². The van der Waals surface area contributed by atoms with Crippen LogP contribution in [0.3, 0.4) is 0 Å². The van der Waals surface area contributed by atoms with Crippen molar-refractivity contribution in [2.75, 3.05) is 0 Å². The Bertz CT molecular complexity index is 424. The number of amides is 1. The molecule has 6 nitrogen and oxygen atoms in total. The highest BCUT2D eigenvalue weighted by Gasteiger charge is 2.14. The molecule has 2 N–H and O–H groups in total. The maximum Gasteiger partial charge on any atom is 0.293 e. The zero-order valence-corrected chi connectivity index (χ0v) is 8.78. The smallest absolute Gasteiger partial charge is 0.293 e. The molecule has 0 bridgehead atoms. The number of nitrogens with one attached hydrogen (secondary N) is 2. The van der Waals surface area contributed by atoms with Gasteiger partial charge in [0.25, 0.3) is 11.7 Å². The van der Waals surface area contributed by atoms with E-state index in [2.05, 4.69) is 25.9 Å². The molecule has 0 saturated carbocycles. The topological polar surface area (TPSA) is 83.6 Å². The van der Waals surface area contributed by atoms with Crippen molar-refractivity contribution < 1.29 is 4.79 Å². The van der Waals surface area contributed by atoms with E-state index in [1.807, 2.05) is 23.8 Å². The Morgan fingerprint density at radius 2 is 2.53 bits per heavy atom. The van der Waals surface area contributed by atoms with Gasteiger partial charge >= 0.3 is 0 Å². The van der Waals surface area contributed by atoms with Crippen molar-refractivity contribution in [3.63, 3.8) is 0 Å². The maximum atomic E-state index is 11.5. The van der Waals surface area contributed by atoms with E-state index in [4.69, 9.17) is 0 Å². The Morgan fingerprint density at radius 1 is 1.67 bits per heavy atom. The molecule has 0 saturated heterocycles. The van der Waals surface area contributed by atoms with Crippen LogP contribution < -0.4 is 5.32 Å². The van der Waals surface area contributed by atoms with Gasteiger partial charge in [0, 0.05) is 0 Å². The Balaban J connectivity index is 2.01. The lowest BCUT2D eigenvalue weighted by molar-refractivity contribution is 0.0929. The van der Waals surface area contributed by atoms with Gasteiger partial charge in [-0.15, -0.1) is 10.2 Å². The molecule has 15 heavy (non-hydrogen) atoms. The second-order valence-electron chi connectivity index (χ2n) is 2.99. The fraction of sp³-hybridized carbons (Fsp3) is 0.250. The zero-order valence-electron chi connectivity index (χ0n) is 7.97. The predicted octanol–water partition coefficient (Wildman–Crippen LogP) is 0.752. The number of H-pyrrole nitrogens is 1. The summed E-state index contributed by atoms with van der Waals surface area (Å²) in [6.45, 7) is 1.90. The fourth-order valence-electron chi connectivity index (χ4n) is 1.12. The Labute approximate surface area is 89.7 Å². The van der Waals surface area contributed by atoms with E-state index in [0.29, 0.717) is 0 Å². The van der Waals surface area contributed by atoms with Crippen LogP contribution in [-0.2, 0) is 0 Å². The SMILES string of the molecule is CC(NC(=O)c1nn[nH]n1)c1ccsc1. The van der Waals surface area contributed by atoms with Gasteiger partial charge < -0.3 is 5.32 Å². The van der Waals surface area contributed by atoms with Crippen LogP contribution in [0.1, 0.15) is 29.1 Å². The van der Waals surface area contributed by atoms with E-state index in [0.717, 1.165) is 5.56 Å². The first-order valence-corrected chi connectivity index (χ1v) is 5.28. The fourth-order valence-corrected chi connectivity index (χ4v) is 1.88. The number of tetrazole rings is 1. The van der Waals surface area contributed by atoms with Gasteiger partial charge in [0.1, 0.15) is 0 Å². The molecule has 0 aliphatic rings. The Morgan fingerprint density at radius 3 is 3.13 bits per heavy atom. The molecular formula is C8H9N5OS. The normalized spacial score (nSPS) is 12.3. The van der Waals surface area contributed by atoms with Crippen LogP contribution in [0.2, 0.25) is 0 Å². The number of rotatable bonds is 3. The molecule has 0 aromatic carbocycles. The van der Waals surface area contributed by atoms with Crippen molar-refractivity contribution in [2.24, 2.45) is 0 Å². The number of carbonyl (C=O) groups is 1. The minimum absolute atomic E-state index is 0.0529. The molecule has 0 aliphatic carbocycles. The summed E-state index contributed by atoms with van der Waals surface area (Å²) in [5.41, 5.74) is 1.07. The van der Waals surface area contributed by atoms with Crippen LogP contribution in [-0.4, -0.2) is 26.5 Å². The number of thiophene rings is 1. The van der Waals surface area contributed by atoms with Gasteiger partial charge in [-0.25, -0.2) is 0 Å². The minimum Gasteiger partial charge on any atom is -0.343 e. The predicted molar refractivity (Wildman–Crippen MR) is 54.4 cm³/mol. The van der Waals surface area contributed by atoms with E-state index in [1.54, 1.807) is 11.3 Å². The molecule has 78 valence electrons. The lowest BCUT2D eigenvalue weighted by Gasteiger charge is -2.10. The molecule has 0 aliphatic heterocycles. The largest absolute Gasteiger partial charge is 0.343 e. The first-order valence-electron chi connectivity index (χ1n) is 4.34. The molecule has 0 radical (unpaired) electrons. The lowest BCUT2D eigenvalue weighted by atomic mass is 10.2. The second kappa shape index (κ2) is 4.18. The molecular weight excluding hydrogens is 214 g/mol. The third-order valence-electron chi connectivity index (χ3n) is 1.94. The number of hydrogen-bond acceptors (Lipinski definition) is 5. The molecule has 2 aromatic rings. The van der Waals surface area contributed by atoms with E-state index in [-0.39, 0.29) is 17.8 Å². The highest BCUT2D eigenvalue weighted by Crippen LogP contribution is 2.15. The monoisotopic (exact) mass is 223 g/mol. The van der Waals surface area contributed by atoms with Crippen molar-refractivity contribution in [1.29, 1.82) is 0 Å². The van der Waals surface area contributed by atoms with Crippen molar-refractivity contribution in [1.82, 2.24) is 25.9 Å². The van der Waals surface area contributed by atoms with Gasteiger partial charge in [0.05, 0.1) is 6.04 Å². The van der Waals surface area contributed by atoms with Crippen LogP contribution in [0.15, 0.2) is 16.8 Å². The average Bonchev–Trinajstić information content (AvgIpc) is 2.91. The molecule has 1 unspecified atom stereocenters. The summed E-state index contributed by atoms with van der Waals surface area (Å²) < 4.78 is 0. The number of carbonyl (C=O) groups excluding carboxylic acids is 1. The standard InChI is InChI=1S/C8H9N5OS/c1-5(6-2-3-15-4-6)9-8(14)7-10-12-13-11-7/h2-5H,1H3,(H,9,14)(H,10,11,12,13). The van der Waals surface area contributed by atoms with Crippen molar-refractivity contribution >= 4 is 17.2 Å². The van der Waals surface area contributed by atoms with E-state index in [9.17, 15) is 4.79 Å². The van der Waals surface area contributed by atoms with Crippen LogP contribution in [0.25, 0.3) is 0 Å². The Hall–Kier alpha value is -1.76. The molecule has 1 amide bonds. The summed E-state index contributed by atoms with van der Waals surface area (Å²) in [5, 5.41) is 19.5. The lowest BCUT2D eigenvalue weighted by Crippen LogP contribution is -2.27. The summed E-state index contributed by atoms with van der Waals surface area (Å²) in [7, 11) is 0. The van der Waals surface area contributed by atoms with E-state index in [1.165, 1.54) is 0 Å². The van der Waals surface area contributed by atoms with Crippen molar-refractivity contribution in [3.8, 4) is 0 Å². The van der Waals surface area contributed by atoms with Crippen LogP contribution >= 0.6 is 11.3 Å². The van der Waals surface area contributed by atoms with Crippen LogP contribution in [0.4, 0.5) is 0 Å². The van der Waals surface area contributed by atoms with Gasteiger partial charge in [0.2, 0.25) is 0 Å². The summed E-state index contributed by atoms with van der Waals surface area (Å²) in [6.07, 6.45) is 0. The van der Waals surface area contributed by atoms with E-state index < -0.39 is 0 Å². The average molecular weight is 223 g/mol. The Kier molecular flexibility index (Phi) is 2.72. The van der Waals surface area contributed by atoms with Crippen molar-refractivity contribution in [3.05, 3.63) is 28.2 Å². The first kappa shape index (κ1) is 9.78. The van der Waals surface area contributed by atoms with Crippen molar-refractivity contribution in [2.45, 2.75) is 13.0 Å². The van der Waals surface area contributed by atoms with Gasteiger partial charge in [-0.05, 0) is 34.5 Å². The van der Waals surface area contributed by atoms with Gasteiger partial charge in [-0.3, -0.25) is 4.79 Å². The van der Waals surface area contributed by atoms with Crippen LogP contribution in [0, 0.1) is 0 Å². The highest BCUT2D eigenvalue weighted by molar-refractivity contribution is 7.07. The quantitative estimate of drug-likeness (QED) is 0.804. The molecule has 1 atom stereocenters. The summed E-state index contributed by atoms with van der Waals surface area (Å²) in [5.74, 6) is -0.278. The van der Waals surface area contributed by atoms with Gasteiger partial charge in [-0.1, -0.05) is 0 Å². The van der Waals surface area contributed by atoms with Gasteiger partial charge in [-0.2, -0.15) is 16.6 Å². The third-order valence-corrected chi connectivity index (χ3v) is 2.64. The second-order valence-corrected chi connectivity index (χ2v) is 3.77.